The van der Waals surface area contributed by atoms with E-state index in [0.717, 1.165) is 43.7 Å². The highest BCUT2D eigenvalue weighted by Gasteiger charge is 2.16. The first-order valence-corrected chi connectivity index (χ1v) is 8.31. The van der Waals surface area contributed by atoms with Crippen molar-refractivity contribution in [2.24, 2.45) is 0 Å². The number of aromatic nitrogens is 1. The van der Waals surface area contributed by atoms with E-state index in [4.69, 9.17) is 5.73 Å². The van der Waals surface area contributed by atoms with E-state index in [1.165, 1.54) is 17.0 Å². The summed E-state index contributed by atoms with van der Waals surface area (Å²) in [6.07, 6.45) is 6.03. The molecule has 1 aromatic heterocycles. The molecule has 1 aromatic carbocycles. The van der Waals surface area contributed by atoms with E-state index in [1.807, 2.05) is 6.08 Å². The molecular weight excluding hydrogens is 312 g/mol. The van der Waals surface area contributed by atoms with Crippen LogP contribution in [-0.2, 0) is 12.8 Å². The number of fused-ring (bicyclic) bond motifs is 1. The molecule has 1 aliphatic rings. The van der Waals surface area contributed by atoms with Crippen molar-refractivity contribution >= 4 is 28.2 Å². The minimum atomic E-state index is -0.385. The molecule has 1 aliphatic heterocycles. The largest absolute Gasteiger partial charge is 0.375 e. The fourth-order valence-corrected chi connectivity index (χ4v) is 3.52. The average Bonchev–Trinajstić information content (AvgIpc) is 2.79. The maximum absolute atomic E-state index is 10.6. The van der Waals surface area contributed by atoms with Gasteiger partial charge in [0.25, 0.3) is 5.69 Å². The van der Waals surface area contributed by atoms with Gasteiger partial charge in [-0.05, 0) is 24.1 Å². The first kappa shape index (κ1) is 15.6. The van der Waals surface area contributed by atoms with Crippen LogP contribution in [0.5, 0.6) is 0 Å². The number of non-ortho nitro benzene ring substituents is 1. The average molecular weight is 330 g/mol. The Morgan fingerprint density at radius 1 is 1.30 bits per heavy atom. The standard InChI is InChI=1S/C16H18N4O2S/c17-16-18-14-7-10-19(11-8-15(14)23-16)9-1-2-12-3-5-13(6-4-12)20(21)22/h1-6H,7-11H2,(H2,17,18). The summed E-state index contributed by atoms with van der Waals surface area (Å²) in [5, 5.41) is 11.3. The number of rotatable bonds is 4. The molecular formula is C16H18N4O2S. The summed E-state index contributed by atoms with van der Waals surface area (Å²) < 4.78 is 0. The highest BCUT2D eigenvalue weighted by molar-refractivity contribution is 7.15. The molecule has 0 atom stereocenters. The van der Waals surface area contributed by atoms with Crippen LogP contribution in [0, 0.1) is 10.1 Å². The van der Waals surface area contributed by atoms with Gasteiger partial charge >= 0.3 is 0 Å². The third-order valence-electron chi connectivity index (χ3n) is 3.89. The van der Waals surface area contributed by atoms with Gasteiger partial charge in [-0.3, -0.25) is 15.0 Å². The number of hydrogen-bond acceptors (Lipinski definition) is 6. The third kappa shape index (κ3) is 3.94. The number of nitrogens with zero attached hydrogens (tertiary/aromatic N) is 3. The van der Waals surface area contributed by atoms with Crippen molar-refractivity contribution in [2.45, 2.75) is 12.8 Å². The van der Waals surface area contributed by atoms with Crippen LogP contribution in [0.4, 0.5) is 10.8 Å². The Morgan fingerprint density at radius 3 is 2.78 bits per heavy atom. The monoisotopic (exact) mass is 330 g/mol. The van der Waals surface area contributed by atoms with Gasteiger partial charge in [-0.2, -0.15) is 0 Å². The number of nitrogen functional groups attached to an aromatic ring is 1. The van der Waals surface area contributed by atoms with Crippen molar-refractivity contribution in [3.05, 3.63) is 56.6 Å². The normalized spacial score (nSPS) is 15.5. The lowest BCUT2D eigenvalue weighted by Gasteiger charge is -2.17. The second-order valence-electron chi connectivity index (χ2n) is 5.47. The Kier molecular flexibility index (Phi) is 4.68. The smallest absolute Gasteiger partial charge is 0.269 e. The Morgan fingerprint density at radius 2 is 2.04 bits per heavy atom. The van der Waals surface area contributed by atoms with E-state index in [0.29, 0.717) is 5.13 Å². The summed E-state index contributed by atoms with van der Waals surface area (Å²) in [6.45, 7) is 2.83. The maximum Gasteiger partial charge on any atom is 0.269 e. The van der Waals surface area contributed by atoms with Crippen LogP contribution in [0.1, 0.15) is 16.1 Å². The van der Waals surface area contributed by atoms with Gasteiger partial charge in [-0.1, -0.05) is 12.2 Å². The van der Waals surface area contributed by atoms with Gasteiger partial charge in [0.15, 0.2) is 5.13 Å². The highest BCUT2D eigenvalue weighted by Crippen LogP contribution is 2.24. The van der Waals surface area contributed by atoms with Crippen LogP contribution < -0.4 is 5.73 Å². The van der Waals surface area contributed by atoms with Gasteiger partial charge in [0.05, 0.1) is 10.6 Å². The SMILES string of the molecule is Nc1nc2c(s1)CCN(CC=Cc1ccc([N+](=O)[O-])cc1)CC2. The van der Waals surface area contributed by atoms with Crippen molar-refractivity contribution < 1.29 is 4.92 Å². The lowest BCUT2D eigenvalue weighted by atomic mass is 10.2. The Hall–Kier alpha value is -2.25. The van der Waals surface area contributed by atoms with Gasteiger partial charge in [-0.25, -0.2) is 4.98 Å². The molecule has 0 saturated carbocycles. The predicted octanol–water partition coefficient (Wildman–Crippen LogP) is 2.75. The molecule has 0 amide bonds. The molecule has 3 rings (SSSR count). The molecule has 0 spiro atoms. The van der Waals surface area contributed by atoms with E-state index in [2.05, 4.69) is 16.0 Å². The molecule has 2 heterocycles. The predicted molar refractivity (Wildman–Crippen MR) is 92.5 cm³/mol. The molecule has 0 fully saturated rings. The lowest BCUT2D eigenvalue weighted by molar-refractivity contribution is -0.384. The first-order valence-electron chi connectivity index (χ1n) is 7.49. The summed E-state index contributed by atoms with van der Waals surface area (Å²) in [7, 11) is 0. The molecule has 6 nitrogen and oxygen atoms in total. The molecule has 2 N–H and O–H groups in total. The summed E-state index contributed by atoms with van der Waals surface area (Å²) in [5.74, 6) is 0. The van der Waals surface area contributed by atoms with Crippen LogP contribution in [0.2, 0.25) is 0 Å². The fraction of sp³-hybridized carbons (Fsp3) is 0.312. The number of thiazole rings is 1. The Bertz CT molecular complexity index is 699. The number of nitro benzene ring substituents is 1. The van der Waals surface area contributed by atoms with Gasteiger partial charge in [-0.15, -0.1) is 11.3 Å². The topological polar surface area (TPSA) is 85.3 Å². The van der Waals surface area contributed by atoms with Gasteiger partial charge < -0.3 is 5.73 Å². The molecule has 0 bridgehead atoms. The van der Waals surface area contributed by atoms with Crippen molar-refractivity contribution in [2.75, 3.05) is 25.4 Å². The Balaban J connectivity index is 1.54. The quantitative estimate of drug-likeness (QED) is 0.688. The summed E-state index contributed by atoms with van der Waals surface area (Å²) >= 11 is 1.60. The zero-order chi connectivity index (χ0) is 16.2. The van der Waals surface area contributed by atoms with Crippen molar-refractivity contribution in [3.63, 3.8) is 0 Å². The summed E-state index contributed by atoms with van der Waals surface area (Å²) in [6, 6.07) is 6.59. The van der Waals surface area contributed by atoms with Gasteiger partial charge in [0.2, 0.25) is 0 Å². The zero-order valence-electron chi connectivity index (χ0n) is 12.6. The van der Waals surface area contributed by atoms with Gasteiger partial charge in [0, 0.05) is 43.1 Å². The minimum Gasteiger partial charge on any atom is -0.375 e. The van der Waals surface area contributed by atoms with Crippen LogP contribution in [0.25, 0.3) is 6.08 Å². The number of nitrogens with two attached hydrogens (primary N) is 1. The highest BCUT2D eigenvalue weighted by atomic mass is 32.1. The molecule has 120 valence electrons. The van der Waals surface area contributed by atoms with Crippen LogP contribution in [-0.4, -0.2) is 34.4 Å². The van der Waals surface area contributed by atoms with Gasteiger partial charge in [0.1, 0.15) is 0 Å². The molecule has 23 heavy (non-hydrogen) atoms. The van der Waals surface area contributed by atoms with Crippen molar-refractivity contribution in [1.29, 1.82) is 0 Å². The Labute approximate surface area is 138 Å². The summed E-state index contributed by atoms with van der Waals surface area (Å²) in [4.78, 5) is 18.3. The summed E-state index contributed by atoms with van der Waals surface area (Å²) in [5.41, 5.74) is 8.00. The molecule has 0 unspecified atom stereocenters. The van der Waals surface area contributed by atoms with E-state index >= 15 is 0 Å². The number of anilines is 1. The first-order chi connectivity index (χ1) is 11.1. The lowest BCUT2D eigenvalue weighted by Crippen LogP contribution is -2.26. The van der Waals surface area contributed by atoms with Crippen LogP contribution in [0.15, 0.2) is 30.3 Å². The number of hydrogen-bond donors (Lipinski definition) is 1. The molecule has 0 saturated heterocycles. The molecule has 7 heteroatoms. The fourth-order valence-electron chi connectivity index (χ4n) is 2.66. The van der Waals surface area contributed by atoms with E-state index in [1.54, 1.807) is 23.5 Å². The zero-order valence-corrected chi connectivity index (χ0v) is 13.5. The minimum absolute atomic E-state index is 0.118. The molecule has 0 aliphatic carbocycles. The van der Waals surface area contributed by atoms with E-state index in [-0.39, 0.29) is 10.6 Å². The van der Waals surface area contributed by atoms with Crippen LogP contribution >= 0.6 is 11.3 Å². The van der Waals surface area contributed by atoms with Crippen LogP contribution in [0.3, 0.4) is 0 Å². The number of nitro groups is 1. The second-order valence-corrected chi connectivity index (χ2v) is 6.59. The van der Waals surface area contributed by atoms with E-state index < -0.39 is 0 Å². The molecule has 2 aromatic rings. The second kappa shape index (κ2) is 6.89. The van der Waals surface area contributed by atoms with Crippen molar-refractivity contribution in [1.82, 2.24) is 9.88 Å². The van der Waals surface area contributed by atoms with E-state index in [9.17, 15) is 10.1 Å². The number of benzene rings is 1. The van der Waals surface area contributed by atoms with Crippen molar-refractivity contribution in [3.8, 4) is 0 Å². The maximum atomic E-state index is 10.6. The third-order valence-corrected chi connectivity index (χ3v) is 4.88. The molecule has 0 radical (unpaired) electrons.